The first-order valence-corrected chi connectivity index (χ1v) is 10.00. The first kappa shape index (κ1) is 22.0. The molecule has 0 aliphatic heterocycles. The highest BCUT2D eigenvalue weighted by molar-refractivity contribution is 5.76. The lowest BCUT2D eigenvalue weighted by molar-refractivity contribution is -0.153. The van der Waals surface area contributed by atoms with Gasteiger partial charge in [0.05, 0.1) is 7.11 Å². The van der Waals surface area contributed by atoms with Crippen LogP contribution in [-0.4, -0.2) is 32.3 Å². The second-order valence-corrected chi connectivity index (χ2v) is 7.67. The minimum atomic E-state index is -4.42. The molecule has 1 aliphatic carbocycles. The van der Waals surface area contributed by atoms with E-state index < -0.39 is 12.8 Å². The summed E-state index contributed by atoms with van der Waals surface area (Å²) in [6.45, 7) is -0.766. The maximum absolute atomic E-state index is 12.4. The van der Waals surface area contributed by atoms with Crippen LogP contribution in [0, 0.1) is 0 Å². The van der Waals surface area contributed by atoms with Crippen molar-refractivity contribution in [1.82, 2.24) is 5.32 Å². The lowest BCUT2D eigenvalue weighted by Crippen LogP contribution is -2.45. The van der Waals surface area contributed by atoms with Gasteiger partial charge in [-0.2, -0.15) is 13.2 Å². The molecule has 4 nitrogen and oxygen atoms in total. The summed E-state index contributed by atoms with van der Waals surface area (Å²) in [4.78, 5) is 12.4. The van der Waals surface area contributed by atoms with Gasteiger partial charge in [0.15, 0.2) is 18.1 Å². The first-order chi connectivity index (χ1) is 14.3. The van der Waals surface area contributed by atoms with E-state index in [0.717, 1.165) is 24.8 Å². The molecule has 7 heteroatoms. The molecule has 0 spiro atoms. The van der Waals surface area contributed by atoms with Gasteiger partial charge in [-0.25, -0.2) is 0 Å². The highest BCUT2D eigenvalue weighted by Gasteiger charge is 2.38. The number of carbonyl (C=O) groups excluding carboxylic acids is 1. The fraction of sp³-hybridized carbons (Fsp3) is 0.435. The Bertz CT molecular complexity index is 849. The third-order valence-electron chi connectivity index (χ3n) is 5.58. The number of hydrogen-bond donors (Lipinski definition) is 1. The summed E-state index contributed by atoms with van der Waals surface area (Å²) in [5.74, 6) is 0.195. The number of halogens is 3. The van der Waals surface area contributed by atoms with Gasteiger partial charge in [-0.15, -0.1) is 0 Å². The number of hydrogen-bond acceptors (Lipinski definition) is 3. The van der Waals surface area contributed by atoms with E-state index in [1.54, 1.807) is 12.1 Å². The molecule has 0 atom stereocenters. The number of alkyl halides is 3. The van der Waals surface area contributed by atoms with Crippen molar-refractivity contribution in [2.45, 2.75) is 43.7 Å². The first-order valence-electron chi connectivity index (χ1n) is 10.00. The molecule has 30 heavy (non-hydrogen) atoms. The summed E-state index contributed by atoms with van der Waals surface area (Å²) in [6, 6.07) is 15.0. The Morgan fingerprint density at radius 3 is 2.43 bits per heavy atom. The SMILES string of the molecule is COc1cc(CCC(=O)NCC2(c3ccccc3)CCC2)ccc1OCC(F)(F)F. The number of amides is 1. The zero-order valence-electron chi connectivity index (χ0n) is 16.9. The molecule has 0 saturated heterocycles. The standard InChI is InChI=1S/C23H26F3NO3/c1-29-20-14-17(8-10-19(20)30-16-23(24,25)26)9-11-21(28)27-15-22(12-5-13-22)18-6-3-2-4-7-18/h2-4,6-8,10,14H,5,9,11-13,15-16H2,1H3,(H,27,28). The Morgan fingerprint density at radius 1 is 1.10 bits per heavy atom. The molecular weight excluding hydrogens is 395 g/mol. The Hall–Kier alpha value is -2.70. The number of carbonyl (C=O) groups is 1. The second kappa shape index (κ2) is 9.41. The quantitative estimate of drug-likeness (QED) is 0.632. The molecule has 3 rings (SSSR count). The molecule has 2 aromatic carbocycles. The van der Waals surface area contributed by atoms with Crippen molar-refractivity contribution in [3.8, 4) is 11.5 Å². The summed E-state index contributed by atoms with van der Waals surface area (Å²) < 4.78 is 47.0. The molecule has 0 heterocycles. The Kier molecular flexibility index (Phi) is 6.90. The largest absolute Gasteiger partial charge is 0.493 e. The maximum Gasteiger partial charge on any atom is 0.422 e. The summed E-state index contributed by atoms with van der Waals surface area (Å²) >= 11 is 0. The van der Waals surface area contributed by atoms with E-state index >= 15 is 0 Å². The summed E-state index contributed by atoms with van der Waals surface area (Å²) in [7, 11) is 1.37. The van der Waals surface area contributed by atoms with E-state index in [9.17, 15) is 18.0 Å². The van der Waals surface area contributed by atoms with Crippen molar-refractivity contribution < 1.29 is 27.4 Å². The van der Waals surface area contributed by atoms with Gasteiger partial charge in [-0.05, 0) is 42.5 Å². The van der Waals surface area contributed by atoms with Gasteiger partial charge < -0.3 is 14.8 Å². The predicted molar refractivity (Wildman–Crippen MR) is 108 cm³/mol. The Balaban J connectivity index is 1.52. The topological polar surface area (TPSA) is 47.6 Å². The zero-order chi connectivity index (χ0) is 21.6. The van der Waals surface area contributed by atoms with Crippen LogP contribution in [0.2, 0.25) is 0 Å². The number of rotatable bonds is 9. The van der Waals surface area contributed by atoms with Crippen molar-refractivity contribution in [2.75, 3.05) is 20.3 Å². The molecule has 0 aromatic heterocycles. The maximum atomic E-state index is 12.4. The van der Waals surface area contributed by atoms with Crippen molar-refractivity contribution in [1.29, 1.82) is 0 Å². The molecule has 162 valence electrons. The highest BCUT2D eigenvalue weighted by atomic mass is 19.4. The molecule has 0 bridgehead atoms. The number of aryl methyl sites for hydroxylation is 1. The van der Waals surface area contributed by atoms with Crippen LogP contribution in [0.1, 0.15) is 36.8 Å². The van der Waals surface area contributed by atoms with Gasteiger partial charge in [-0.3, -0.25) is 4.79 Å². The zero-order valence-corrected chi connectivity index (χ0v) is 16.9. The van der Waals surface area contributed by atoms with Crippen LogP contribution in [-0.2, 0) is 16.6 Å². The van der Waals surface area contributed by atoms with Crippen LogP contribution in [0.3, 0.4) is 0 Å². The molecule has 1 N–H and O–H groups in total. The molecule has 1 amide bonds. The van der Waals surface area contributed by atoms with Crippen molar-refractivity contribution in [3.63, 3.8) is 0 Å². The van der Waals surface area contributed by atoms with Crippen LogP contribution < -0.4 is 14.8 Å². The van der Waals surface area contributed by atoms with Gasteiger partial charge in [0.1, 0.15) is 0 Å². The Morgan fingerprint density at radius 2 is 1.83 bits per heavy atom. The van der Waals surface area contributed by atoms with Gasteiger partial charge >= 0.3 is 6.18 Å². The fourth-order valence-corrected chi connectivity index (χ4v) is 3.72. The van der Waals surface area contributed by atoms with Crippen molar-refractivity contribution in [3.05, 3.63) is 59.7 Å². The van der Waals surface area contributed by atoms with Crippen LogP contribution in [0.15, 0.2) is 48.5 Å². The van der Waals surface area contributed by atoms with Crippen LogP contribution >= 0.6 is 0 Å². The van der Waals surface area contributed by atoms with E-state index in [1.165, 1.54) is 18.7 Å². The summed E-state index contributed by atoms with van der Waals surface area (Å²) in [5, 5.41) is 3.05. The molecule has 1 aliphatic rings. The number of ether oxygens (including phenoxy) is 2. The smallest absolute Gasteiger partial charge is 0.422 e. The second-order valence-electron chi connectivity index (χ2n) is 7.67. The van der Waals surface area contributed by atoms with Crippen LogP contribution in [0.4, 0.5) is 13.2 Å². The average molecular weight is 421 g/mol. The number of nitrogens with one attached hydrogen (secondary N) is 1. The van der Waals surface area contributed by atoms with Gasteiger partial charge in [-0.1, -0.05) is 42.8 Å². The van der Waals surface area contributed by atoms with Crippen molar-refractivity contribution in [2.24, 2.45) is 0 Å². The van der Waals surface area contributed by atoms with E-state index in [-0.39, 0.29) is 29.2 Å². The van der Waals surface area contributed by atoms with Crippen molar-refractivity contribution >= 4 is 5.91 Å². The Labute approximate surface area is 174 Å². The summed E-state index contributed by atoms with van der Waals surface area (Å²) in [6.07, 6.45) is -0.384. The highest BCUT2D eigenvalue weighted by Crippen LogP contribution is 2.43. The minimum Gasteiger partial charge on any atom is -0.493 e. The third-order valence-corrected chi connectivity index (χ3v) is 5.58. The van der Waals surface area contributed by atoms with E-state index in [0.29, 0.717) is 13.0 Å². The fourth-order valence-electron chi connectivity index (χ4n) is 3.72. The van der Waals surface area contributed by atoms with E-state index in [4.69, 9.17) is 9.47 Å². The lowest BCUT2D eigenvalue weighted by Gasteiger charge is -2.42. The van der Waals surface area contributed by atoms with Gasteiger partial charge in [0, 0.05) is 18.4 Å². The van der Waals surface area contributed by atoms with E-state index in [1.807, 2.05) is 18.2 Å². The van der Waals surface area contributed by atoms with Gasteiger partial charge in [0.2, 0.25) is 5.91 Å². The third kappa shape index (κ3) is 5.68. The number of methoxy groups -OCH3 is 1. The lowest BCUT2D eigenvalue weighted by atomic mass is 9.64. The molecular formula is C23H26F3NO3. The average Bonchev–Trinajstić information content (AvgIpc) is 2.70. The molecule has 1 saturated carbocycles. The normalized spacial score (nSPS) is 15.2. The van der Waals surface area contributed by atoms with Gasteiger partial charge in [0.25, 0.3) is 0 Å². The van der Waals surface area contributed by atoms with E-state index in [2.05, 4.69) is 17.4 Å². The minimum absolute atomic E-state index is 0.0254. The summed E-state index contributed by atoms with van der Waals surface area (Å²) in [5.41, 5.74) is 2.08. The molecule has 2 aromatic rings. The van der Waals surface area contributed by atoms with Crippen LogP contribution in [0.25, 0.3) is 0 Å². The molecule has 1 fully saturated rings. The number of benzene rings is 2. The van der Waals surface area contributed by atoms with Crippen LogP contribution in [0.5, 0.6) is 11.5 Å². The molecule has 0 unspecified atom stereocenters. The molecule has 0 radical (unpaired) electrons. The monoisotopic (exact) mass is 421 g/mol. The predicted octanol–water partition coefficient (Wildman–Crippen LogP) is 4.81.